The average molecular weight is 169 g/mol. The van der Waals surface area contributed by atoms with Gasteiger partial charge in [-0.25, -0.2) is 4.79 Å². The molecule has 0 saturated heterocycles. The number of halogens is 2. The van der Waals surface area contributed by atoms with E-state index >= 15 is 0 Å². The SMILES string of the molecule is C=C(C(=O)O)C(C)(Cl)Cl. The van der Waals surface area contributed by atoms with Crippen molar-refractivity contribution in [1.29, 1.82) is 0 Å². The number of carbonyl (C=O) groups is 1. The van der Waals surface area contributed by atoms with E-state index < -0.39 is 10.3 Å². The zero-order valence-corrected chi connectivity index (χ0v) is 6.33. The molecule has 0 unspecified atom stereocenters. The molecule has 4 heteroatoms. The van der Waals surface area contributed by atoms with Crippen LogP contribution < -0.4 is 0 Å². The molecule has 0 heterocycles. The zero-order valence-electron chi connectivity index (χ0n) is 4.82. The van der Waals surface area contributed by atoms with Gasteiger partial charge in [-0.2, -0.15) is 0 Å². The van der Waals surface area contributed by atoms with E-state index in [0.717, 1.165) is 0 Å². The molecule has 0 rings (SSSR count). The van der Waals surface area contributed by atoms with Crippen LogP contribution in [0.25, 0.3) is 0 Å². The first-order chi connectivity index (χ1) is 3.85. The summed E-state index contributed by atoms with van der Waals surface area (Å²) in [5, 5.41) is 8.25. The highest BCUT2D eigenvalue weighted by Gasteiger charge is 2.25. The lowest BCUT2D eigenvalue weighted by Gasteiger charge is -2.11. The summed E-state index contributed by atoms with van der Waals surface area (Å²) in [6, 6.07) is 0. The van der Waals surface area contributed by atoms with Crippen LogP contribution in [-0.4, -0.2) is 15.4 Å². The van der Waals surface area contributed by atoms with E-state index in [1.54, 1.807) is 0 Å². The fraction of sp³-hybridized carbons (Fsp3) is 0.400. The first kappa shape index (κ1) is 8.79. The summed E-state index contributed by atoms with van der Waals surface area (Å²) in [6.45, 7) is 4.52. The van der Waals surface area contributed by atoms with Crippen molar-refractivity contribution >= 4 is 29.2 Å². The van der Waals surface area contributed by atoms with Gasteiger partial charge in [0.1, 0.15) is 4.33 Å². The lowest BCUT2D eigenvalue weighted by atomic mass is 10.2. The van der Waals surface area contributed by atoms with Gasteiger partial charge in [0.25, 0.3) is 0 Å². The van der Waals surface area contributed by atoms with Gasteiger partial charge in [-0.05, 0) is 6.92 Å². The maximum absolute atomic E-state index is 10.1. The van der Waals surface area contributed by atoms with Gasteiger partial charge in [-0.1, -0.05) is 29.8 Å². The molecule has 0 aliphatic rings. The van der Waals surface area contributed by atoms with Crippen molar-refractivity contribution in [2.45, 2.75) is 11.3 Å². The summed E-state index contributed by atoms with van der Waals surface area (Å²) >= 11 is 10.7. The minimum atomic E-state index is -1.37. The largest absolute Gasteiger partial charge is 0.478 e. The zero-order chi connectivity index (χ0) is 7.65. The van der Waals surface area contributed by atoms with Crippen molar-refractivity contribution < 1.29 is 9.90 Å². The molecule has 0 atom stereocenters. The van der Waals surface area contributed by atoms with E-state index in [2.05, 4.69) is 6.58 Å². The standard InChI is InChI=1S/C5H6Cl2O2/c1-3(4(8)9)5(2,6)7/h1H2,2H3,(H,8,9). The molecule has 0 amide bonds. The Morgan fingerprint density at radius 3 is 2.00 bits per heavy atom. The predicted octanol–water partition coefficient (Wildman–Crippen LogP) is 1.82. The highest BCUT2D eigenvalue weighted by Crippen LogP contribution is 2.27. The number of alkyl halides is 2. The molecule has 1 N–H and O–H groups in total. The van der Waals surface area contributed by atoms with Crippen LogP contribution in [-0.2, 0) is 4.79 Å². The molecule has 0 bridgehead atoms. The summed E-state index contributed by atoms with van der Waals surface area (Å²) in [5.41, 5.74) is -0.217. The summed E-state index contributed by atoms with van der Waals surface area (Å²) < 4.78 is -1.37. The third kappa shape index (κ3) is 2.72. The highest BCUT2D eigenvalue weighted by molar-refractivity contribution is 6.51. The second-order valence-corrected chi connectivity index (χ2v) is 3.38. The van der Waals surface area contributed by atoms with Crippen LogP contribution in [0, 0.1) is 0 Å². The molecule has 0 fully saturated rings. The van der Waals surface area contributed by atoms with E-state index in [9.17, 15) is 4.79 Å². The number of carboxylic acid groups (broad SMARTS) is 1. The summed E-state index contributed by atoms with van der Waals surface area (Å²) in [4.78, 5) is 10.1. The van der Waals surface area contributed by atoms with Crippen LogP contribution in [0.1, 0.15) is 6.92 Å². The van der Waals surface area contributed by atoms with Crippen LogP contribution in [0.3, 0.4) is 0 Å². The van der Waals surface area contributed by atoms with Gasteiger partial charge >= 0.3 is 5.97 Å². The molecule has 0 radical (unpaired) electrons. The Labute approximate surface area is 63.1 Å². The maximum atomic E-state index is 10.1. The van der Waals surface area contributed by atoms with Gasteiger partial charge in [0.05, 0.1) is 5.57 Å². The average Bonchev–Trinajstić information content (AvgIpc) is 1.62. The highest BCUT2D eigenvalue weighted by atomic mass is 35.5. The molecule has 0 aromatic heterocycles. The Morgan fingerprint density at radius 2 is 2.00 bits per heavy atom. The lowest BCUT2D eigenvalue weighted by molar-refractivity contribution is -0.132. The maximum Gasteiger partial charge on any atom is 0.334 e. The second-order valence-electron chi connectivity index (χ2n) is 1.67. The number of aliphatic carboxylic acids is 1. The van der Waals surface area contributed by atoms with Gasteiger partial charge in [-0.15, -0.1) is 0 Å². The molecule has 0 aliphatic carbocycles. The fourth-order valence-corrected chi connectivity index (χ4v) is 0.349. The Balaban J connectivity index is 4.23. The molecule has 9 heavy (non-hydrogen) atoms. The molecule has 0 aliphatic heterocycles. The molecule has 0 aromatic rings. The van der Waals surface area contributed by atoms with Crippen molar-refractivity contribution in [2.24, 2.45) is 0 Å². The molecular formula is C5H6Cl2O2. The minimum absolute atomic E-state index is 0.217. The van der Waals surface area contributed by atoms with Crippen LogP contribution >= 0.6 is 23.2 Å². The first-order valence-corrected chi connectivity index (χ1v) is 2.92. The van der Waals surface area contributed by atoms with E-state index in [1.807, 2.05) is 0 Å². The first-order valence-electron chi connectivity index (χ1n) is 2.16. The number of hydrogen-bond acceptors (Lipinski definition) is 1. The Morgan fingerprint density at radius 1 is 1.67 bits per heavy atom. The van der Waals surface area contributed by atoms with Gasteiger partial charge in [0, 0.05) is 0 Å². The lowest BCUT2D eigenvalue weighted by Crippen LogP contribution is -2.17. The topological polar surface area (TPSA) is 37.3 Å². The molecule has 0 spiro atoms. The molecule has 0 saturated carbocycles. The minimum Gasteiger partial charge on any atom is -0.478 e. The van der Waals surface area contributed by atoms with Crippen LogP contribution in [0.5, 0.6) is 0 Å². The molecule has 2 nitrogen and oxygen atoms in total. The summed E-state index contributed by atoms with van der Waals surface area (Å²) in [6.07, 6.45) is 0. The van der Waals surface area contributed by atoms with Crippen molar-refractivity contribution in [2.75, 3.05) is 0 Å². The second kappa shape index (κ2) is 2.58. The monoisotopic (exact) mass is 168 g/mol. The Bertz CT molecular complexity index is 146. The molecular weight excluding hydrogens is 163 g/mol. The third-order valence-corrected chi connectivity index (χ3v) is 1.24. The van der Waals surface area contributed by atoms with Crippen LogP contribution in [0.4, 0.5) is 0 Å². The quantitative estimate of drug-likeness (QED) is 0.505. The van der Waals surface area contributed by atoms with Gasteiger partial charge in [0.2, 0.25) is 0 Å². The summed E-state index contributed by atoms with van der Waals surface area (Å²) in [5.74, 6) is -1.18. The van der Waals surface area contributed by atoms with Crippen molar-refractivity contribution in [3.63, 3.8) is 0 Å². The Hall–Kier alpha value is -0.210. The third-order valence-electron chi connectivity index (χ3n) is 0.788. The predicted molar refractivity (Wildman–Crippen MR) is 36.9 cm³/mol. The number of hydrogen-bond donors (Lipinski definition) is 1. The van der Waals surface area contributed by atoms with E-state index in [1.165, 1.54) is 6.92 Å². The van der Waals surface area contributed by atoms with E-state index in [-0.39, 0.29) is 5.57 Å². The molecule has 0 aromatic carbocycles. The Kier molecular flexibility index (Phi) is 2.52. The van der Waals surface area contributed by atoms with Gasteiger partial charge in [0.15, 0.2) is 0 Å². The molecule has 52 valence electrons. The number of rotatable bonds is 2. The van der Waals surface area contributed by atoms with E-state index in [4.69, 9.17) is 28.3 Å². The van der Waals surface area contributed by atoms with Crippen molar-refractivity contribution in [3.8, 4) is 0 Å². The normalized spacial score (nSPS) is 11.0. The van der Waals surface area contributed by atoms with E-state index in [0.29, 0.717) is 0 Å². The summed E-state index contributed by atoms with van der Waals surface area (Å²) in [7, 11) is 0. The van der Waals surface area contributed by atoms with Gasteiger partial charge in [-0.3, -0.25) is 0 Å². The van der Waals surface area contributed by atoms with Crippen LogP contribution in [0.15, 0.2) is 12.2 Å². The van der Waals surface area contributed by atoms with Gasteiger partial charge < -0.3 is 5.11 Å². The number of carboxylic acids is 1. The van der Waals surface area contributed by atoms with Crippen LogP contribution in [0.2, 0.25) is 0 Å². The van der Waals surface area contributed by atoms with Crippen molar-refractivity contribution in [3.05, 3.63) is 12.2 Å². The fourth-order valence-electron chi connectivity index (χ4n) is 0.188. The smallest absolute Gasteiger partial charge is 0.334 e. The van der Waals surface area contributed by atoms with Crippen molar-refractivity contribution in [1.82, 2.24) is 0 Å².